The number of aromatic nitrogens is 1. The maximum atomic E-state index is 13.9. The number of esters is 1. The van der Waals surface area contributed by atoms with Crippen molar-refractivity contribution >= 4 is 28.5 Å². The van der Waals surface area contributed by atoms with Gasteiger partial charge < -0.3 is 30.0 Å². The van der Waals surface area contributed by atoms with Crippen LogP contribution in [-0.4, -0.2) is 42.7 Å². The zero-order chi connectivity index (χ0) is 29.5. The zero-order valence-corrected chi connectivity index (χ0v) is 23.2. The summed E-state index contributed by atoms with van der Waals surface area (Å²) in [5.74, 6) is 0.438. The number of amides is 1. The molecule has 1 aliphatic carbocycles. The summed E-state index contributed by atoms with van der Waals surface area (Å²) in [7, 11) is 1.53. The van der Waals surface area contributed by atoms with Crippen molar-refractivity contribution in [1.29, 1.82) is 0 Å². The number of nitrogens with zero attached hydrogens (tertiary/aromatic N) is 1. The van der Waals surface area contributed by atoms with Gasteiger partial charge in [-0.1, -0.05) is 12.1 Å². The zero-order valence-electron chi connectivity index (χ0n) is 23.2. The van der Waals surface area contributed by atoms with Crippen molar-refractivity contribution in [3.05, 3.63) is 84.3 Å². The average Bonchev–Trinajstić information content (AvgIpc) is 3.51. The molecule has 1 unspecified atom stereocenters. The Labute approximate surface area is 242 Å². The van der Waals surface area contributed by atoms with E-state index in [1.807, 2.05) is 0 Å². The number of nitrogens with one attached hydrogen (secondary N) is 1. The van der Waals surface area contributed by atoms with Crippen LogP contribution < -0.4 is 25.3 Å². The lowest BCUT2D eigenvalue weighted by atomic mass is 10.1. The van der Waals surface area contributed by atoms with Gasteiger partial charge in [0.1, 0.15) is 29.5 Å². The molecule has 1 aliphatic rings. The van der Waals surface area contributed by atoms with E-state index in [0.717, 1.165) is 25.7 Å². The van der Waals surface area contributed by atoms with Gasteiger partial charge in [0.15, 0.2) is 11.5 Å². The van der Waals surface area contributed by atoms with Gasteiger partial charge in [-0.25, -0.2) is 4.39 Å². The lowest BCUT2D eigenvalue weighted by Crippen LogP contribution is -2.35. The minimum absolute atomic E-state index is 0.0306. The Kier molecular flexibility index (Phi) is 9.13. The highest BCUT2D eigenvalue weighted by Gasteiger charge is 2.23. The Morgan fingerprint density at radius 2 is 1.79 bits per heavy atom. The largest absolute Gasteiger partial charge is 0.493 e. The summed E-state index contributed by atoms with van der Waals surface area (Å²) < 4.78 is 37.0. The third-order valence-electron chi connectivity index (χ3n) is 7.02. The fourth-order valence-corrected chi connectivity index (χ4v) is 4.74. The van der Waals surface area contributed by atoms with Gasteiger partial charge in [-0.05, 0) is 74.2 Å². The van der Waals surface area contributed by atoms with Crippen molar-refractivity contribution in [2.75, 3.05) is 19.0 Å². The molecule has 0 aliphatic heterocycles. The van der Waals surface area contributed by atoms with Crippen LogP contribution in [0.15, 0.2) is 72.9 Å². The van der Waals surface area contributed by atoms with Crippen LogP contribution >= 0.6 is 0 Å². The number of hydrogen-bond acceptors (Lipinski definition) is 8. The van der Waals surface area contributed by atoms with Crippen LogP contribution in [0.25, 0.3) is 10.9 Å². The quantitative estimate of drug-likeness (QED) is 0.209. The van der Waals surface area contributed by atoms with Crippen LogP contribution in [0, 0.1) is 5.82 Å². The molecule has 1 amide bonds. The molecule has 1 saturated carbocycles. The normalized spacial score (nSPS) is 13.9. The van der Waals surface area contributed by atoms with Crippen LogP contribution in [0.5, 0.6) is 23.0 Å². The summed E-state index contributed by atoms with van der Waals surface area (Å²) >= 11 is 0. The molecule has 0 bridgehead atoms. The van der Waals surface area contributed by atoms with Crippen molar-refractivity contribution < 1.29 is 32.9 Å². The molecule has 42 heavy (non-hydrogen) atoms. The summed E-state index contributed by atoms with van der Waals surface area (Å²) in [5.41, 5.74) is 7.09. The molecule has 0 spiro atoms. The lowest BCUT2D eigenvalue weighted by molar-refractivity contribution is -0.150. The number of halogens is 1. The second-order valence-electron chi connectivity index (χ2n) is 9.98. The predicted octanol–water partition coefficient (Wildman–Crippen LogP) is 6.01. The number of fused-ring (bicyclic) bond motifs is 1. The van der Waals surface area contributed by atoms with Crippen LogP contribution in [0.1, 0.15) is 42.5 Å². The van der Waals surface area contributed by atoms with Crippen LogP contribution in [0.2, 0.25) is 0 Å². The number of carbonyl (C=O) groups excluding carboxylic acids is 2. The van der Waals surface area contributed by atoms with Gasteiger partial charge in [-0.3, -0.25) is 14.6 Å². The van der Waals surface area contributed by atoms with Gasteiger partial charge in [0.05, 0.1) is 24.8 Å². The first kappa shape index (κ1) is 28.8. The molecular weight excluding hydrogens is 541 g/mol. The van der Waals surface area contributed by atoms with E-state index in [-0.39, 0.29) is 18.3 Å². The number of benzene rings is 3. The highest BCUT2D eigenvalue weighted by Crippen LogP contribution is 2.37. The van der Waals surface area contributed by atoms with Crippen LogP contribution in [0.4, 0.5) is 10.1 Å². The molecule has 9 nitrogen and oxygen atoms in total. The summed E-state index contributed by atoms with van der Waals surface area (Å²) in [4.78, 5) is 29.1. The number of carbonyl (C=O) groups is 2. The van der Waals surface area contributed by atoms with E-state index in [1.54, 1.807) is 54.7 Å². The van der Waals surface area contributed by atoms with Gasteiger partial charge in [0.2, 0.25) is 0 Å². The monoisotopic (exact) mass is 573 g/mol. The Bertz CT molecular complexity index is 1560. The number of nitrogens with two attached hydrogens (primary N) is 1. The SMILES string of the molecule is COc1cc2c(Oc3ccc(NC(=O)c4ccccc4F)cc3)ccnc2cc1OCCC(N)C(=O)OC1CCCC1. The van der Waals surface area contributed by atoms with Crippen molar-refractivity contribution in [2.45, 2.75) is 44.2 Å². The molecular formula is C32H32FN3O6. The molecule has 1 aromatic heterocycles. The van der Waals surface area contributed by atoms with Gasteiger partial charge in [-0.15, -0.1) is 0 Å². The van der Waals surface area contributed by atoms with E-state index in [0.29, 0.717) is 46.0 Å². The summed E-state index contributed by atoms with van der Waals surface area (Å²) in [6.45, 7) is 0.193. The molecule has 3 N–H and O–H groups in total. The molecule has 10 heteroatoms. The average molecular weight is 574 g/mol. The third kappa shape index (κ3) is 6.95. The van der Waals surface area contributed by atoms with E-state index in [2.05, 4.69) is 10.3 Å². The number of hydrogen-bond donors (Lipinski definition) is 2. The van der Waals surface area contributed by atoms with Crippen molar-refractivity contribution in [3.8, 4) is 23.0 Å². The smallest absolute Gasteiger partial charge is 0.323 e. The molecule has 5 rings (SSSR count). The van der Waals surface area contributed by atoms with Gasteiger partial charge in [0.25, 0.3) is 5.91 Å². The first-order valence-corrected chi connectivity index (χ1v) is 13.8. The minimum Gasteiger partial charge on any atom is -0.493 e. The van der Waals surface area contributed by atoms with Crippen molar-refractivity contribution in [2.24, 2.45) is 5.73 Å². The molecule has 1 fully saturated rings. The van der Waals surface area contributed by atoms with Gasteiger partial charge in [-0.2, -0.15) is 0 Å². The van der Waals surface area contributed by atoms with Crippen LogP contribution in [-0.2, 0) is 9.53 Å². The Balaban J connectivity index is 1.23. The Hall–Kier alpha value is -4.70. The second-order valence-corrected chi connectivity index (χ2v) is 9.98. The number of anilines is 1. The van der Waals surface area contributed by atoms with E-state index in [9.17, 15) is 14.0 Å². The second kappa shape index (κ2) is 13.3. The number of ether oxygens (including phenoxy) is 4. The van der Waals surface area contributed by atoms with Crippen molar-refractivity contribution in [1.82, 2.24) is 4.98 Å². The first-order chi connectivity index (χ1) is 20.4. The van der Waals surface area contributed by atoms with Gasteiger partial charge >= 0.3 is 5.97 Å². The first-order valence-electron chi connectivity index (χ1n) is 13.8. The van der Waals surface area contributed by atoms with Crippen LogP contribution in [0.3, 0.4) is 0 Å². The number of rotatable bonds is 11. The van der Waals surface area contributed by atoms with Gasteiger partial charge in [0, 0.05) is 29.8 Å². The summed E-state index contributed by atoms with van der Waals surface area (Å²) in [6.07, 6.45) is 5.81. The number of pyridine rings is 1. The molecule has 1 atom stereocenters. The fourth-order valence-electron chi connectivity index (χ4n) is 4.74. The van der Waals surface area contributed by atoms with E-state index in [4.69, 9.17) is 24.7 Å². The Morgan fingerprint density at radius 3 is 2.52 bits per heavy atom. The molecule has 0 radical (unpaired) electrons. The Morgan fingerprint density at radius 1 is 1.02 bits per heavy atom. The highest BCUT2D eigenvalue weighted by molar-refractivity contribution is 6.04. The standard InChI is InChI=1S/C32H32FN3O6/c1-39-29-18-24-27(19-30(29)40-17-15-26(34)32(38)42-21-6-2-3-7-21)35-16-14-28(24)41-22-12-10-20(11-13-22)36-31(37)23-8-4-5-9-25(23)33/h4-5,8-14,16,18-19,21,26H,2-3,6-7,15,17,34H2,1H3,(H,36,37). The topological polar surface area (TPSA) is 122 Å². The summed E-state index contributed by atoms with van der Waals surface area (Å²) in [5, 5.41) is 3.37. The minimum atomic E-state index is -0.769. The molecule has 3 aromatic carbocycles. The highest BCUT2D eigenvalue weighted by atomic mass is 19.1. The molecule has 218 valence electrons. The lowest BCUT2D eigenvalue weighted by Gasteiger charge is -2.17. The predicted molar refractivity (Wildman–Crippen MR) is 156 cm³/mol. The maximum Gasteiger partial charge on any atom is 0.323 e. The van der Waals surface area contributed by atoms with Crippen molar-refractivity contribution in [3.63, 3.8) is 0 Å². The fraction of sp³-hybridized carbons (Fsp3) is 0.281. The number of methoxy groups -OCH3 is 1. The third-order valence-corrected chi connectivity index (χ3v) is 7.02. The molecule has 4 aromatic rings. The van der Waals surface area contributed by atoms with E-state index >= 15 is 0 Å². The van der Waals surface area contributed by atoms with E-state index < -0.39 is 23.7 Å². The summed E-state index contributed by atoms with van der Waals surface area (Å²) in [6, 6.07) is 17.0. The van der Waals surface area contributed by atoms with E-state index in [1.165, 1.54) is 25.3 Å². The molecule has 1 heterocycles. The molecule has 0 saturated heterocycles. The maximum absolute atomic E-state index is 13.9.